The van der Waals surface area contributed by atoms with Crippen LogP contribution in [0.2, 0.25) is 0 Å². The average molecular weight is 303 g/mol. The van der Waals surface area contributed by atoms with Crippen LogP contribution in [0.1, 0.15) is 44.2 Å². The summed E-state index contributed by atoms with van der Waals surface area (Å²) in [5.74, 6) is 1.19. The lowest BCUT2D eigenvalue weighted by molar-refractivity contribution is 0.221. The van der Waals surface area contributed by atoms with Gasteiger partial charge < -0.3 is 5.32 Å². The summed E-state index contributed by atoms with van der Waals surface area (Å²) in [5, 5.41) is 3.66. The fraction of sp³-hybridized carbons (Fsp3) is 0.364. The highest BCUT2D eigenvalue weighted by atomic mass is 14.9. The molecule has 1 aliphatic heterocycles. The Morgan fingerprint density at radius 1 is 1.04 bits per heavy atom. The Morgan fingerprint density at radius 3 is 2.17 bits per heavy atom. The van der Waals surface area contributed by atoms with Crippen LogP contribution in [-0.4, -0.2) is 0 Å². The Morgan fingerprint density at radius 2 is 1.61 bits per heavy atom. The molecule has 2 atom stereocenters. The summed E-state index contributed by atoms with van der Waals surface area (Å²) in [4.78, 5) is 0. The number of hydrogen-bond donors (Lipinski definition) is 1. The molecule has 4 rings (SSSR count). The molecule has 1 saturated carbocycles. The summed E-state index contributed by atoms with van der Waals surface area (Å²) in [6.45, 7) is 9.05. The Hall–Kier alpha value is -2.02. The van der Waals surface area contributed by atoms with Gasteiger partial charge in [0.05, 0.1) is 0 Å². The average Bonchev–Trinajstić information content (AvgIpc) is 2.58. The zero-order valence-electron chi connectivity index (χ0n) is 14.1. The van der Waals surface area contributed by atoms with Crippen molar-refractivity contribution in [2.45, 2.75) is 38.5 Å². The van der Waals surface area contributed by atoms with Crippen LogP contribution in [0.5, 0.6) is 0 Å². The van der Waals surface area contributed by atoms with E-state index in [1.807, 2.05) is 0 Å². The van der Waals surface area contributed by atoms with Gasteiger partial charge in [-0.15, -0.1) is 0 Å². The van der Waals surface area contributed by atoms with Gasteiger partial charge in [0.2, 0.25) is 0 Å². The van der Waals surface area contributed by atoms with Gasteiger partial charge >= 0.3 is 0 Å². The molecule has 0 amide bonds. The molecule has 1 heteroatoms. The first-order valence-electron chi connectivity index (χ1n) is 8.80. The van der Waals surface area contributed by atoms with Crippen molar-refractivity contribution in [2.24, 2.45) is 11.8 Å². The van der Waals surface area contributed by atoms with E-state index in [1.165, 1.54) is 40.9 Å². The number of allylic oxidation sites excluding steroid dienone is 1. The van der Waals surface area contributed by atoms with Crippen molar-refractivity contribution < 1.29 is 0 Å². The second-order valence-corrected chi connectivity index (χ2v) is 7.26. The molecule has 23 heavy (non-hydrogen) atoms. The quantitative estimate of drug-likeness (QED) is 0.633. The van der Waals surface area contributed by atoms with Crippen molar-refractivity contribution >= 4 is 11.4 Å². The predicted molar refractivity (Wildman–Crippen MR) is 98.3 cm³/mol. The minimum absolute atomic E-state index is 0.119. The lowest BCUT2D eigenvalue weighted by Crippen LogP contribution is -2.44. The molecule has 118 valence electrons. The zero-order chi connectivity index (χ0) is 16.0. The molecule has 0 radical (unpaired) electrons. The molecule has 0 bridgehead atoms. The van der Waals surface area contributed by atoms with Crippen molar-refractivity contribution in [3.05, 3.63) is 71.8 Å². The van der Waals surface area contributed by atoms with Gasteiger partial charge in [0.25, 0.3) is 0 Å². The molecule has 1 nitrogen and oxygen atoms in total. The van der Waals surface area contributed by atoms with Crippen molar-refractivity contribution in [1.29, 1.82) is 0 Å². The Labute approximate surface area is 139 Å². The third kappa shape index (κ3) is 1.99. The van der Waals surface area contributed by atoms with Crippen LogP contribution in [0.15, 0.2) is 60.7 Å². The van der Waals surface area contributed by atoms with E-state index in [2.05, 4.69) is 74.3 Å². The van der Waals surface area contributed by atoms with Gasteiger partial charge in [0.15, 0.2) is 0 Å². The first-order valence-corrected chi connectivity index (χ1v) is 8.80. The maximum atomic E-state index is 4.37. The van der Waals surface area contributed by atoms with Crippen LogP contribution in [0, 0.1) is 11.8 Å². The van der Waals surface area contributed by atoms with Crippen LogP contribution in [0.3, 0.4) is 0 Å². The van der Waals surface area contributed by atoms with E-state index in [-0.39, 0.29) is 5.41 Å². The first kappa shape index (κ1) is 14.6. The minimum atomic E-state index is 0.119. The Kier molecular flexibility index (Phi) is 3.33. The molecule has 2 unspecified atom stereocenters. The SMILES string of the molecule is C=C1CC(CC)C2(CC1C)c1ccccc1Nc1ccccc12. The standard InChI is InChI=1S/C22H25N/c1-4-17-13-15(2)16(3)14-22(17)18-9-5-7-11-20(18)23-21-12-8-6-10-19(21)22/h5-12,16-17,23H,2,4,13-14H2,1,3H3. The molecular weight excluding hydrogens is 278 g/mol. The molecule has 1 aliphatic carbocycles. The summed E-state index contributed by atoms with van der Waals surface area (Å²) in [7, 11) is 0. The van der Waals surface area contributed by atoms with E-state index in [0.717, 1.165) is 6.42 Å². The highest BCUT2D eigenvalue weighted by Crippen LogP contribution is 2.58. The summed E-state index contributed by atoms with van der Waals surface area (Å²) < 4.78 is 0. The highest BCUT2D eigenvalue weighted by molar-refractivity contribution is 5.76. The van der Waals surface area contributed by atoms with E-state index < -0.39 is 0 Å². The van der Waals surface area contributed by atoms with Crippen molar-refractivity contribution in [3.8, 4) is 0 Å². The minimum Gasteiger partial charge on any atom is -0.355 e. The summed E-state index contributed by atoms with van der Waals surface area (Å²) >= 11 is 0. The van der Waals surface area contributed by atoms with E-state index in [9.17, 15) is 0 Å². The van der Waals surface area contributed by atoms with Gasteiger partial charge in [-0.3, -0.25) is 0 Å². The molecule has 0 saturated heterocycles. The van der Waals surface area contributed by atoms with Crippen molar-refractivity contribution in [3.63, 3.8) is 0 Å². The normalized spacial score (nSPS) is 24.7. The number of para-hydroxylation sites is 2. The maximum Gasteiger partial charge on any atom is 0.0426 e. The fourth-order valence-corrected chi connectivity index (χ4v) is 4.89. The molecule has 2 aromatic rings. The largest absolute Gasteiger partial charge is 0.355 e. The number of fused-ring (bicyclic) bond motifs is 4. The van der Waals surface area contributed by atoms with E-state index in [1.54, 1.807) is 0 Å². The molecule has 1 fully saturated rings. The van der Waals surface area contributed by atoms with Gasteiger partial charge in [0.1, 0.15) is 0 Å². The topological polar surface area (TPSA) is 12.0 Å². The van der Waals surface area contributed by atoms with Crippen LogP contribution >= 0.6 is 0 Å². The smallest absolute Gasteiger partial charge is 0.0426 e. The summed E-state index contributed by atoms with van der Waals surface area (Å²) in [6, 6.07) is 17.8. The lowest BCUT2D eigenvalue weighted by Gasteiger charge is -2.51. The maximum absolute atomic E-state index is 4.37. The van der Waals surface area contributed by atoms with Gasteiger partial charge in [0, 0.05) is 16.8 Å². The Balaban J connectivity index is 2.01. The first-order chi connectivity index (χ1) is 11.2. The van der Waals surface area contributed by atoms with E-state index in [0.29, 0.717) is 11.8 Å². The van der Waals surface area contributed by atoms with E-state index >= 15 is 0 Å². The lowest BCUT2D eigenvalue weighted by atomic mass is 9.54. The molecular formula is C22H25N. The number of anilines is 2. The summed E-state index contributed by atoms with van der Waals surface area (Å²) in [6.07, 6.45) is 3.49. The Bertz CT molecular complexity index is 713. The summed E-state index contributed by atoms with van der Waals surface area (Å²) in [5.41, 5.74) is 7.06. The third-order valence-corrected chi connectivity index (χ3v) is 6.11. The number of benzene rings is 2. The van der Waals surface area contributed by atoms with Crippen LogP contribution in [0.4, 0.5) is 11.4 Å². The van der Waals surface area contributed by atoms with Crippen LogP contribution in [0.25, 0.3) is 0 Å². The monoisotopic (exact) mass is 303 g/mol. The van der Waals surface area contributed by atoms with Gasteiger partial charge in [-0.1, -0.05) is 68.8 Å². The van der Waals surface area contributed by atoms with Gasteiger partial charge in [-0.05, 0) is 47.9 Å². The zero-order valence-corrected chi connectivity index (χ0v) is 14.1. The molecule has 1 spiro atoms. The van der Waals surface area contributed by atoms with E-state index in [4.69, 9.17) is 0 Å². The van der Waals surface area contributed by atoms with Crippen molar-refractivity contribution in [1.82, 2.24) is 0 Å². The molecule has 1 heterocycles. The number of hydrogen-bond acceptors (Lipinski definition) is 1. The number of nitrogens with one attached hydrogen (secondary N) is 1. The molecule has 0 aromatic heterocycles. The highest BCUT2D eigenvalue weighted by Gasteiger charge is 2.49. The second-order valence-electron chi connectivity index (χ2n) is 7.26. The molecule has 2 aliphatic rings. The van der Waals surface area contributed by atoms with Gasteiger partial charge in [-0.25, -0.2) is 0 Å². The van der Waals surface area contributed by atoms with Crippen molar-refractivity contribution in [2.75, 3.05) is 5.32 Å². The number of rotatable bonds is 1. The van der Waals surface area contributed by atoms with Crippen LogP contribution < -0.4 is 5.32 Å². The second kappa shape index (κ2) is 5.26. The van der Waals surface area contributed by atoms with Gasteiger partial charge in [-0.2, -0.15) is 0 Å². The fourth-order valence-electron chi connectivity index (χ4n) is 4.89. The third-order valence-electron chi connectivity index (χ3n) is 6.11. The molecule has 1 N–H and O–H groups in total. The molecule has 2 aromatic carbocycles. The van der Waals surface area contributed by atoms with Crippen LogP contribution in [-0.2, 0) is 5.41 Å². The predicted octanol–water partition coefficient (Wildman–Crippen LogP) is 6.04.